The van der Waals surface area contributed by atoms with Gasteiger partial charge in [0, 0.05) is 30.4 Å². The molecular weight excluding hydrogens is 445 g/mol. The van der Waals surface area contributed by atoms with E-state index in [-0.39, 0.29) is 17.4 Å². The van der Waals surface area contributed by atoms with Crippen LogP contribution in [0.3, 0.4) is 0 Å². The van der Waals surface area contributed by atoms with E-state index in [4.69, 9.17) is 9.62 Å². The van der Waals surface area contributed by atoms with Crippen molar-refractivity contribution in [3.63, 3.8) is 0 Å². The highest BCUT2D eigenvalue weighted by atomic mass is 19.1. The summed E-state index contributed by atoms with van der Waals surface area (Å²) in [5.41, 5.74) is 6.25. The highest BCUT2D eigenvalue weighted by Gasteiger charge is 2.24. The molecule has 0 fully saturated rings. The third kappa shape index (κ3) is 4.07. The van der Waals surface area contributed by atoms with Gasteiger partial charge in [0.2, 0.25) is 0 Å². The van der Waals surface area contributed by atoms with Gasteiger partial charge in [-0.2, -0.15) is 5.10 Å². The summed E-state index contributed by atoms with van der Waals surface area (Å²) >= 11 is 0. The number of rotatable bonds is 5. The van der Waals surface area contributed by atoms with Gasteiger partial charge in [-0.25, -0.2) is 14.1 Å². The second-order valence-electron chi connectivity index (χ2n) is 8.57. The van der Waals surface area contributed by atoms with Gasteiger partial charge in [-0.05, 0) is 63.2 Å². The summed E-state index contributed by atoms with van der Waals surface area (Å²) in [5.74, 6) is -0.540. The van der Waals surface area contributed by atoms with E-state index in [1.165, 1.54) is 12.1 Å². The average molecular weight is 470 g/mol. The Balaban J connectivity index is 1.51. The van der Waals surface area contributed by atoms with E-state index in [9.17, 15) is 9.18 Å². The van der Waals surface area contributed by atoms with Crippen molar-refractivity contribution < 1.29 is 13.7 Å². The van der Waals surface area contributed by atoms with Crippen molar-refractivity contribution in [1.29, 1.82) is 0 Å². The minimum absolute atomic E-state index is 0.196. The smallest absolute Gasteiger partial charge is 0.259 e. The van der Waals surface area contributed by atoms with Crippen LogP contribution in [0.2, 0.25) is 0 Å². The molecule has 0 spiro atoms. The molecule has 0 aliphatic carbocycles. The first kappa shape index (κ1) is 22.5. The molecule has 5 rings (SSSR count). The first-order chi connectivity index (χ1) is 16.8. The van der Waals surface area contributed by atoms with Crippen LogP contribution in [0.4, 0.5) is 4.39 Å². The first-order valence-electron chi connectivity index (χ1n) is 11.2. The van der Waals surface area contributed by atoms with Gasteiger partial charge >= 0.3 is 0 Å². The zero-order valence-corrected chi connectivity index (χ0v) is 19.9. The molecule has 0 bridgehead atoms. The van der Waals surface area contributed by atoms with Gasteiger partial charge in [0.05, 0.1) is 33.7 Å². The van der Waals surface area contributed by atoms with E-state index in [0.717, 1.165) is 22.6 Å². The van der Waals surface area contributed by atoms with Crippen molar-refractivity contribution in [2.24, 2.45) is 0 Å². The van der Waals surface area contributed by atoms with Crippen LogP contribution in [0.15, 0.2) is 65.2 Å². The van der Waals surface area contributed by atoms with Crippen molar-refractivity contribution in [3.8, 4) is 16.9 Å². The SMILES string of the molecule is Cc1nn(-c2ccccc2)c(C)c1CN(C)C(=O)c1cc(-c2ccc(F)cc2)nc2onc(C)c12. The van der Waals surface area contributed by atoms with E-state index in [1.54, 1.807) is 37.1 Å². The summed E-state index contributed by atoms with van der Waals surface area (Å²) < 4.78 is 20.7. The molecule has 7 nitrogen and oxygen atoms in total. The van der Waals surface area contributed by atoms with Crippen LogP contribution in [0.25, 0.3) is 28.0 Å². The summed E-state index contributed by atoms with van der Waals surface area (Å²) in [4.78, 5) is 19.9. The fourth-order valence-corrected chi connectivity index (χ4v) is 4.27. The number of fused-ring (bicyclic) bond motifs is 1. The van der Waals surface area contributed by atoms with Crippen molar-refractivity contribution in [2.45, 2.75) is 27.3 Å². The molecule has 0 atom stereocenters. The largest absolute Gasteiger partial charge is 0.337 e. The molecule has 3 heterocycles. The molecule has 0 radical (unpaired) electrons. The standard InChI is InChI=1S/C27H24FN5O2/c1-16-23(18(3)33(30-16)21-8-6-5-7-9-21)15-32(4)27(34)22-14-24(19-10-12-20(28)13-11-19)29-26-25(22)17(2)31-35-26/h5-14H,15H2,1-4H3. The van der Waals surface area contributed by atoms with Gasteiger partial charge in [-0.15, -0.1) is 0 Å². The number of aromatic nitrogens is 4. The number of hydrogen-bond acceptors (Lipinski definition) is 5. The number of amides is 1. The Morgan fingerprint density at radius 3 is 2.46 bits per heavy atom. The molecule has 1 amide bonds. The molecule has 0 aliphatic heterocycles. The molecule has 5 aromatic rings. The number of para-hydroxylation sites is 1. The lowest BCUT2D eigenvalue weighted by molar-refractivity contribution is 0.0786. The van der Waals surface area contributed by atoms with Crippen molar-refractivity contribution in [1.82, 2.24) is 24.8 Å². The maximum Gasteiger partial charge on any atom is 0.259 e. The van der Waals surface area contributed by atoms with Crippen LogP contribution in [0.1, 0.15) is 33.0 Å². The van der Waals surface area contributed by atoms with Crippen molar-refractivity contribution in [2.75, 3.05) is 7.05 Å². The molecular formula is C27H24FN5O2. The molecule has 176 valence electrons. The summed E-state index contributed by atoms with van der Waals surface area (Å²) in [6, 6.07) is 17.6. The van der Waals surface area contributed by atoms with Crippen LogP contribution in [0, 0.1) is 26.6 Å². The summed E-state index contributed by atoms with van der Waals surface area (Å²) in [6.07, 6.45) is 0. The van der Waals surface area contributed by atoms with Gasteiger partial charge in [-0.3, -0.25) is 4.79 Å². The summed E-state index contributed by atoms with van der Waals surface area (Å²) in [6.45, 7) is 6.10. The van der Waals surface area contributed by atoms with Crippen LogP contribution < -0.4 is 0 Å². The monoisotopic (exact) mass is 469 g/mol. The van der Waals surface area contributed by atoms with Gasteiger partial charge in [0.25, 0.3) is 11.6 Å². The third-order valence-corrected chi connectivity index (χ3v) is 6.17. The number of carbonyl (C=O) groups is 1. The molecule has 0 aliphatic rings. The van der Waals surface area contributed by atoms with Gasteiger partial charge < -0.3 is 9.42 Å². The molecule has 0 unspecified atom stereocenters. The Morgan fingerprint density at radius 1 is 1.03 bits per heavy atom. The van der Waals surface area contributed by atoms with Gasteiger partial charge in [0.1, 0.15) is 5.82 Å². The van der Waals surface area contributed by atoms with Crippen LogP contribution in [-0.4, -0.2) is 37.8 Å². The number of benzene rings is 2. The minimum Gasteiger partial charge on any atom is -0.337 e. The highest BCUT2D eigenvalue weighted by molar-refractivity contribution is 6.06. The van der Waals surface area contributed by atoms with E-state index < -0.39 is 0 Å². The van der Waals surface area contributed by atoms with Crippen molar-refractivity contribution >= 4 is 17.0 Å². The Morgan fingerprint density at radius 2 is 1.74 bits per heavy atom. The molecule has 2 aromatic carbocycles. The lowest BCUT2D eigenvalue weighted by Gasteiger charge is -2.18. The Hall–Kier alpha value is -4.33. The van der Waals surface area contributed by atoms with Crippen LogP contribution in [-0.2, 0) is 6.54 Å². The quantitative estimate of drug-likeness (QED) is 0.344. The number of pyridine rings is 1. The number of halogens is 1. The minimum atomic E-state index is -0.344. The Labute approximate surface area is 201 Å². The van der Waals surface area contributed by atoms with E-state index in [2.05, 4.69) is 10.1 Å². The maximum absolute atomic E-state index is 13.7. The van der Waals surface area contributed by atoms with Crippen LogP contribution >= 0.6 is 0 Å². The first-order valence-corrected chi connectivity index (χ1v) is 11.2. The predicted octanol–water partition coefficient (Wildman–Crippen LogP) is 5.41. The lowest BCUT2D eigenvalue weighted by Crippen LogP contribution is -2.27. The number of hydrogen-bond donors (Lipinski definition) is 0. The Kier molecular flexibility index (Phi) is 5.64. The topological polar surface area (TPSA) is 77.0 Å². The van der Waals surface area contributed by atoms with Crippen LogP contribution in [0.5, 0.6) is 0 Å². The fraction of sp³-hybridized carbons (Fsp3) is 0.185. The number of carbonyl (C=O) groups excluding carboxylic acids is 1. The molecule has 0 saturated carbocycles. The molecule has 3 aromatic heterocycles. The van der Waals surface area contributed by atoms with Gasteiger partial charge in [0.15, 0.2) is 0 Å². The van der Waals surface area contributed by atoms with E-state index in [0.29, 0.717) is 34.4 Å². The molecule has 0 N–H and O–H groups in total. The van der Waals surface area contributed by atoms with Gasteiger partial charge in [-0.1, -0.05) is 23.4 Å². The Bertz CT molecular complexity index is 1540. The van der Waals surface area contributed by atoms with E-state index in [1.807, 2.05) is 48.9 Å². The predicted molar refractivity (Wildman–Crippen MR) is 131 cm³/mol. The number of nitrogens with zero attached hydrogens (tertiary/aromatic N) is 5. The molecule has 35 heavy (non-hydrogen) atoms. The maximum atomic E-state index is 13.7. The normalized spacial score (nSPS) is 11.2. The number of aryl methyl sites for hydroxylation is 2. The molecule has 8 heteroatoms. The lowest BCUT2D eigenvalue weighted by atomic mass is 10.0. The fourth-order valence-electron chi connectivity index (χ4n) is 4.27. The van der Waals surface area contributed by atoms with E-state index >= 15 is 0 Å². The zero-order chi connectivity index (χ0) is 24.7. The second-order valence-corrected chi connectivity index (χ2v) is 8.57. The summed E-state index contributed by atoms with van der Waals surface area (Å²) in [5, 5.41) is 9.28. The molecule has 0 saturated heterocycles. The zero-order valence-electron chi connectivity index (χ0n) is 19.9. The second kappa shape index (κ2) is 8.79. The highest BCUT2D eigenvalue weighted by Crippen LogP contribution is 2.29. The summed E-state index contributed by atoms with van der Waals surface area (Å²) in [7, 11) is 1.76. The van der Waals surface area contributed by atoms with Crippen molar-refractivity contribution in [3.05, 3.63) is 94.7 Å². The average Bonchev–Trinajstić information content (AvgIpc) is 3.38. The third-order valence-electron chi connectivity index (χ3n) is 6.17.